The summed E-state index contributed by atoms with van der Waals surface area (Å²) >= 11 is 0. The first-order chi connectivity index (χ1) is 23.6. The van der Waals surface area contributed by atoms with E-state index in [1.807, 2.05) is 18.2 Å². The summed E-state index contributed by atoms with van der Waals surface area (Å²) in [5.74, 6) is 8.93. The molecule has 2 aromatic heterocycles. The predicted octanol–water partition coefficient (Wildman–Crippen LogP) is 10.6. The zero-order valence-corrected chi connectivity index (χ0v) is 27.1. The summed E-state index contributed by atoms with van der Waals surface area (Å²) in [7, 11) is 0. The molecule has 0 bridgehead atoms. The summed E-state index contributed by atoms with van der Waals surface area (Å²) in [4.78, 5) is 15.1. The lowest BCUT2D eigenvalue weighted by atomic mass is 9.97. The molecule has 48 heavy (non-hydrogen) atoms. The largest absolute Gasteiger partial charge is 0.309 e. The van der Waals surface area contributed by atoms with Gasteiger partial charge in [0.15, 0.2) is 17.5 Å². The van der Waals surface area contributed by atoms with Crippen molar-refractivity contribution in [1.29, 1.82) is 0 Å². The number of rotatable bonds is 4. The van der Waals surface area contributed by atoms with Gasteiger partial charge in [-0.1, -0.05) is 115 Å². The first-order valence-corrected chi connectivity index (χ1v) is 16.9. The fourth-order valence-electron chi connectivity index (χ4n) is 7.52. The van der Waals surface area contributed by atoms with Crippen LogP contribution >= 0.6 is 0 Å². The Bertz CT molecular complexity index is 2470. The summed E-state index contributed by atoms with van der Waals surface area (Å²) in [5.41, 5.74) is 12.2. The fraction of sp³-hybridized carbons (Fsp3) is 0.159. The molecule has 0 saturated heterocycles. The smallest absolute Gasteiger partial charge is 0.163 e. The summed E-state index contributed by atoms with van der Waals surface area (Å²) < 4.78 is 2.40. The second-order valence-corrected chi connectivity index (χ2v) is 13.0. The summed E-state index contributed by atoms with van der Waals surface area (Å²) in [6.07, 6.45) is 7.34. The first kappa shape index (κ1) is 28.4. The van der Waals surface area contributed by atoms with Crippen LogP contribution in [-0.2, 0) is 0 Å². The minimum atomic E-state index is -0.175. The van der Waals surface area contributed by atoms with Crippen LogP contribution in [0.25, 0.3) is 61.4 Å². The van der Waals surface area contributed by atoms with Gasteiger partial charge in [-0.2, -0.15) is 0 Å². The Hall–Kier alpha value is -5.79. The van der Waals surface area contributed by atoms with Gasteiger partial charge in [-0.15, -0.1) is 5.92 Å². The van der Waals surface area contributed by atoms with Crippen molar-refractivity contribution >= 4 is 21.8 Å². The Balaban J connectivity index is 1.24. The lowest BCUT2D eigenvalue weighted by Gasteiger charge is -2.13. The normalized spacial score (nSPS) is 17.3. The molecule has 2 unspecified atom stereocenters. The number of aromatic nitrogens is 4. The van der Waals surface area contributed by atoms with Crippen molar-refractivity contribution in [2.45, 2.75) is 44.9 Å². The van der Waals surface area contributed by atoms with Gasteiger partial charge in [0.1, 0.15) is 0 Å². The van der Waals surface area contributed by atoms with Crippen molar-refractivity contribution in [1.82, 2.24) is 19.5 Å². The minimum Gasteiger partial charge on any atom is -0.309 e. The second kappa shape index (κ2) is 11.5. The van der Waals surface area contributed by atoms with E-state index in [1.54, 1.807) is 0 Å². The molecule has 2 aliphatic carbocycles. The molecule has 0 amide bonds. The molecule has 0 spiro atoms. The molecule has 2 aliphatic rings. The molecule has 4 heteroatoms. The van der Waals surface area contributed by atoms with Crippen molar-refractivity contribution in [3.63, 3.8) is 0 Å². The van der Waals surface area contributed by atoms with Crippen LogP contribution in [0.4, 0.5) is 0 Å². The average Bonchev–Trinajstić information content (AvgIpc) is 3.60. The summed E-state index contributed by atoms with van der Waals surface area (Å²) in [5, 5.41) is 2.57. The van der Waals surface area contributed by atoms with Crippen molar-refractivity contribution in [3.05, 3.63) is 144 Å². The Kier molecular flexibility index (Phi) is 6.80. The van der Waals surface area contributed by atoms with Gasteiger partial charge in [0.05, 0.1) is 17.0 Å². The standard InChI is InChI=1S/C44H34N4/c1-28-22-23-35-37(26-28)29(2)34-24-25-39-41(40(34)35)36-20-11-12-21-38(36)48(39)33-19-13-18-32(27-33)44-46-42(30-14-7-4-3-5-8-15-30)45-43(47-44)31-16-9-6-10-17-31/h6-7,9-14,16-27,29-30H,3-5H2,1-2H3/b14-7-. The highest BCUT2D eigenvalue weighted by Crippen LogP contribution is 2.50. The SMILES string of the molecule is Cc1ccc2c(c1)C(C)c1ccc3c(c1-2)c1ccccc1n3-c1cccc(-c2nc(-c3ccccc3)nc(C3C#CCCC/C=C\3)n2)c1. The molecular weight excluding hydrogens is 585 g/mol. The van der Waals surface area contributed by atoms with Gasteiger partial charge in [0, 0.05) is 39.9 Å². The maximum atomic E-state index is 5.07. The minimum absolute atomic E-state index is 0.175. The van der Waals surface area contributed by atoms with E-state index in [9.17, 15) is 0 Å². The van der Waals surface area contributed by atoms with Crippen LogP contribution in [0.15, 0.2) is 121 Å². The molecule has 230 valence electrons. The molecule has 0 saturated carbocycles. The van der Waals surface area contributed by atoms with E-state index in [0.29, 0.717) is 23.4 Å². The maximum Gasteiger partial charge on any atom is 0.163 e. The Morgan fingerprint density at radius 2 is 1.54 bits per heavy atom. The van der Waals surface area contributed by atoms with Crippen LogP contribution in [0, 0.1) is 18.8 Å². The number of allylic oxidation sites excluding steroid dienone is 2. The van der Waals surface area contributed by atoms with Gasteiger partial charge < -0.3 is 4.57 Å². The van der Waals surface area contributed by atoms with E-state index in [0.717, 1.165) is 36.1 Å². The van der Waals surface area contributed by atoms with E-state index in [1.165, 1.54) is 49.6 Å². The molecule has 0 radical (unpaired) electrons. The van der Waals surface area contributed by atoms with Crippen LogP contribution in [0.3, 0.4) is 0 Å². The topological polar surface area (TPSA) is 43.6 Å². The van der Waals surface area contributed by atoms with Crippen molar-refractivity contribution in [2.24, 2.45) is 0 Å². The summed E-state index contributed by atoms with van der Waals surface area (Å²) in [6, 6.07) is 39.1. The predicted molar refractivity (Wildman–Crippen MR) is 196 cm³/mol. The molecule has 0 fully saturated rings. The van der Waals surface area contributed by atoms with E-state index >= 15 is 0 Å². The monoisotopic (exact) mass is 618 g/mol. The lowest BCUT2D eigenvalue weighted by Crippen LogP contribution is -2.07. The molecule has 2 atom stereocenters. The van der Waals surface area contributed by atoms with E-state index in [4.69, 9.17) is 15.0 Å². The number of para-hydroxylation sites is 1. The van der Waals surface area contributed by atoms with Gasteiger partial charge in [0.25, 0.3) is 0 Å². The average molecular weight is 619 g/mol. The van der Waals surface area contributed by atoms with Gasteiger partial charge in [-0.3, -0.25) is 0 Å². The zero-order valence-electron chi connectivity index (χ0n) is 27.1. The van der Waals surface area contributed by atoms with Crippen LogP contribution in [0.5, 0.6) is 0 Å². The van der Waals surface area contributed by atoms with Crippen molar-refractivity contribution in [3.8, 4) is 51.4 Å². The number of nitrogens with zero attached hydrogens (tertiary/aromatic N) is 4. The van der Waals surface area contributed by atoms with E-state index in [2.05, 4.69) is 133 Å². The van der Waals surface area contributed by atoms with Crippen molar-refractivity contribution < 1.29 is 0 Å². The molecule has 5 aromatic carbocycles. The summed E-state index contributed by atoms with van der Waals surface area (Å²) in [6.45, 7) is 4.52. The maximum absolute atomic E-state index is 5.07. The molecule has 4 nitrogen and oxygen atoms in total. The number of hydrogen-bond donors (Lipinski definition) is 0. The van der Waals surface area contributed by atoms with Crippen LogP contribution < -0.4 is 0 Å². The lowest BCUT2D eigenvalue weighted by molar-refractivity contribution is 0.848. The Morgan fingerprint density at radius 1 is 0.729 bits per heavy atom. The quantitative estimate of drug-likeness (QED) is 0.146. The number of aryl methyl sites for hydroxylation is 1. The van der Waals surface area contributed by atoms with E-state index in [-0.39, 0.29) is 5.92 Å². The van der Waals surface area contributed by atoms with Crippen LogP contribution in [0.2, 0.25) is 0 Å². The van der Waals surface area contributed by atoms with Gasteiger partial charge in [-0.25, -0.2) is 15.0 Å². The highest BCUT2D eigenvalue weighted by molar-refractivity contribution is 6.17. The van der Waals surface area contributed by atoms with Crippen molar-refractivity contribution in [2.75, 3.05) is 0 Å². The zero-order chi connectivity index (χ0) is 32.2. The molecule has 0 N–H and O–H groups in total. The Morgan fingerprint density at radius 3 is 2.44 bits per heavy atom. The fourth-order valence-corrected chi connectivity index (χ4v) is 7.52. The third-order valence-corrected chi connectivity index (χ3v) is 9.86. The van der Waals surface area contributed by atoms with E-state index < -0.39 is 0 Å². The van der Waals surface area contributed by atoms with Crippen LogP contribution in [-0.4, -0.2) is 19.5 Å². The first-order valence-electron chi connectivity index (χ1n) is 16.9. The van der Waals surface area contributed by atoms with Crippen LogP contribution in [0.1, 0.15) is 60.5 Å². The highest BCUT2D eigenvalue weighted by Gasteiger charge is 2.29. The molecule has 9 rings (SSSR count). The third kappa shape index (κ3) is 4.66. The van der Waals surface area contributed by atoms with Gasteiger partial charge in [-0.05, 0) is 66.3 Å². The number of hydrogen-bond acceptors (Lipinski definition) is 3. The Labute approximate surface area is 280 Å². The number of benzene rings is 5. The molecule has 2 heterocycles. The molecule has 7 aromatic rings. The van der Waals surface area contributed by atoms with Gasteiger partial charge in [0.2, 0.25) is 0 Å². The third-order valence-electron chi connectivity index (χ3n) is 9.86. The highest BCUT2D eigenvalue weighted by atomic mass is 15.0. The molecular formula is C44H34N4. The number of fused-ring (bicyclic) bond motifs is 7. The second-order valence-electron chi connectivity index (χ2n) is 13.0. The molecule has 0 aliphatic heterocycles. The van der Waals surface area contributed by atoms with Gasteiger partial charge >= 0.3 is 0 Å².